The zero-order valence-electron chi connectivity index (χ0n) is 19.8. The van der Waals surface area contributed by atoms with Gasteiger partial charge < -0.3 is 24.8 Å². The number of ether oxygens (including phenoxy) is 1. The molecule has 35 heavy (non-hydrogen) atoms. The van der Waals surface area contributed by atoms with Gasteiger partial charge in [0, 0.05) is 28.1 Å². The lowest BCUT2D eigenvalue weighted by molar-refractivity contribution is -0.118. The Morgan fingerprint density at radius 3 is 2.74 bits per heavy atom. The Labute approximate surface area is 200 Å². The number of halogens is 1. The summed E-state index contributed by atoms with van der Waals surface area (Å²) in [6.07, 6.45) is 0.814. The maximum absolute atomic E-state index is 14.9. The van der Waals surface area contributed by atoms with Gasteiger partial charge in [0.1, 0.15) is 30.4 Å². The van der Waals surface area contributed by atoms with Crippen molar-refractivity contribution in [1.29, 1.82) is 0 Å². The zero-order chi connectivity index (χ0) is 25.2. The molecule has 0 saturated heterocycles. The molecule has 1 atom stereocenters. The number of nitrogens with zero attached hydrogens (tertiary/aromatic N) is 2. The topological polar surface area (TPSA) is 114 Å². The smallest absolute Gasteiger partial charge is 0.258 e. The Bertz CT molecular complexity index is 1510. The van der Waals surface area contributed by atoms with Gasteiger partial charge in [-0.25, -0.2) is 9.37 Å². The average molecular weight is 480 g/mol. The van der Waals surface area contributed by atoms with Gasteiger partial charge in [0.2, 0.25) is 5.91 Å². The lowest BCUT2D eigenvalue weighted by Gasteiger charge is -2.35. The van der Waals surface area contributed by atoms with Crippen molar-refractivity contribution >= 4 is 22.5 Å². The van der Waals surface area contributed by atoms with Crippen molar-refractivity contribution < 1.29 is 24.1 Å². The first-order valence-electron chi connectivity index (χ1n) is 11.5. The van der Waals surface area contributed by atoms with Gasteiger partial charge in [0.25, 0.3) is 5.56 Å². The number of benzene rings is 1. The number of hydrogen-bond donors (Lipinski definition) is 3. The molecule has 0 aliphatic carbocycles. The summed E-state index contributed by atoms with van der Waals surface area (Å²) in [4.78, 5) is 30.3. The molecule has 1 aromatic carbocycles. The van der Waals surface area contributed by atoms with Crippen molar-refractivity contribution in [3.05, 3.63) is 68.5 Å². The monoisotopic (exact) mass is 479 g/mol. The lowest BCUT2D eigenvalue weighted by atomic mass is 9.84. The molecule has 0 spiro atoms. The van der Waals surface area contributed by atoms with Crippen LogP contribution in [0.4, 0.5) is 10.1 Å². The molecule has 1 amide bonds. The van der Waals surface area contributed by atoms with E-state index in [1.165, 1.54) is 6.07 Å². The Morgan fingerprint density at radius 1 is 1.34 bits per heavy atom. The first-order valence-corrected chi connectivity index (χ1v) is 11.5. The van der Waals surface area contributed by atoms with Gasteiger partial charge in [-0.05, 0) is 31.4 Å². The second-order valence-corrected chi connectivity index (χ2v) is 8.97. The van der Waals surface area contributed by atoms with Crippen molar-refractivity contribution in [3.8, 4) is 11.4 Å². The molecule has 2 aliphatic rings. The number of hydrogen-bond acceptors (Lipinski definition) is 6. The van der Waals surface area contributed by atoms with Gasteiger partial charge >= 0.3 is 0 Å². The van der Waals surface area contributed by atoms with Gasteiger partial charge in [-0.1, -0.05) is 20.4 Å². The van der Waals surface area contributed by atoms with E-state index in [0.29, 0.717) is 39.8 Å². The van der Waals surface area contributed by atoms with Crippen LogP contribution in [0.1, 0.15) is 48.1 Å². The minimum atomic E-state index is -1.50. The van der Waals surface area contributed by atoms with Crippen LogP contribution in [0.2, 0.25) is 0 Å². The van der Waals surface area contributed by atoms with Crippen LogP contribution in [0.25, 0.3) is 22.3 Å². The number of pyridine rings is 2. The van der Waals surface area contributed by atoms with E-state index in [2.05, 4.69) is 11.9 Å². The van der Waals surface area contributed by atoms with Gasteiger partial charge in [-0.15, -0.1) is 0 Å². The van der Waals surface area contributed by atoms with Gasteiger partial charge in [0.15, 0.2) is 0 Å². The third-order valence-electron chi connectivity index (χ3n) is 7.22. The van der Waals surface area contributed by atoms with Crippen molar-refractivity contribution in [2.45, 2.75) is 52.4 Å². The summed E-state index contributed by atoms with van der Waals surface area (Å²) < 4.78 is 22.0. The van der Waals surface area contributed by atoms with Gasteiger partial charge in [-0.3, -0.25) is 9.59 Å². The van der Waals surface area contributed by atoms with Gasteiger partial charge in [-0.2, -0.15) is 0 Å². The second kappa shape index (κ2) is 8.00. The molecule has 0 radical (unpaired) electrons. The normalized spacial score (nSPS) is 18.2. The Morgan fingerprint density at radius 2 is 2.09 bits per heavy atom. The predicted octanol–water partition coefficient (Wildman–Crippen LogP) is 3.01. The molecule has 0 saturated carbocycles. The number of aryl methyl sites for hydroxylation is 1. The van der Waals surface area contributed by atoms with E-state index < -0.39 is 23.9 Å². The fraction of sp³-hybridized carbons (Fsp3) is 0.346. The molecule has 5 rings (SSSR count). The Balaban J connectivity index is 1.83. The van der Waals surface area contributed by atoms with Crippen LogP contribution in [0.5, 0.6) is 0 Å². The van der Waals surface area contributed by atoms with Crippen LogP contribution in [0.15, 0.2) is 29.3 Å². The number of anilines is 1. The molecular weight excluding hydrogens is 453 g/mol. The minimum absolute atomic E-state index is 0.0176. The maximum Gasteiger partial charge on any atom is 0.258 e. The molecule has 2 aliphatic heterocycles. The summed E-state index contributed by atoms with van der Waals surface area (Å²) in [5, 5.41) is 23.7. The summed E-state index contributed by atoms with van der Waals surface area (Å²) in [5.74, 6) is -1.01. The molecular formula is C26H26FN3O5. The molecule has 0 bridgehead atoms. The first kappa shape index (κ1) is 23.2. The highest BCUT2D eigenvalue weighted by molar-refractivity contribution is 6.05. The van der Waals surface area contributed by atoms with E-state index in [-0.39, 0.29) is 42.1 Å². The quantitative estimate of drug-likeness (QED) is 0.415. The number of aliphatic hydroxyl groups is 2. The van der Waals surface area contributed by atoms with E-state index in [9.17, 15) is 24.2 Å². The summed E-state index contributed by atoms with van der Waals surface area (Å²) in [5.41, 5.74) is 2.56. The number of aromatic nitrogens is 2. The lowest BCUT2D eigenvalue weighted by Crippen LogP contribution is -2.38. The fourth-order valence-corrected chi connectivity index (χ4v) is 5.24. The van der Waals surface area contributed by atoms with E-state index >= 15 is 0 Å². The largest absolute Gasteiger partial charge is 0.490 e. The van der Waals surface area contributed by atoms with E-state index in [0.717, 1.165) is 11.1 Å². The maximum atomic E-state index is 14.9. The van der Waals surface area contributed by atoms with Crippen LogP contribution in [-0.2, 0) is 34.7 Å². The fourth-order valence-electron chi connectivity index (χ4n) is 5.24. The summed E-state index contributed by atoms with van der Waals surface area (Å²) in [6, 6.07) is 3.08. The highest BCUT2D eigenvalue weighted by atomic mass is 19.1. The van der Waals surface area contributed by atoms with Crippen molar-refractivity contribution in [1.82, 2.24) is 9.55 Å². The zero-order valence-corrected chi connectivity index (χ0v) is 19.8. The van der Waals surface area contributed by atoms with Crippen LogP contribution in [0.3, 0.4) is 0 Å². The molecule has 3 aromatic rings. The molecule has 4 heterocycles. The number of nitrogens with one attached hydrogen (secondary N) is 1. The van der Waals surface area contributed by atoms with Crippen LogP contribution in [-0.4, -0.2) is 32.3 Å². The number of rotatable bonds is 4. The number of carbonyl (C=O) groups excluding carboxylic acids is 1. The van der Waals surface area contributed by atoms with Gasteiger partial charge in [0.05, 0.1) is 34.7 Å². The van der Waals surface area contributed by atoms with E-state index in [4.69, 9.17) is 9.72 Å². The molecule has 8 nitrogen and oxygen atoms in total. The molecule has 9 heteroatoms. The van der Waals surface area contributed by atoms with Crippen LogP contribution < -0.4 is 10.9 Å². The Kier molecular flexibility index (Phi) is 5.30. The minimum Gasteiger partial charge on any atom is -0.490 e. The SMILES string of the molecule is C=C1OCc2c(cc3n(c2=O)Cc2c-3nc3cc(F)c(C)c(NC(=O)CO)c3c2CC)[C@@]1(O)CC. The number of amides is 1. The van der Waals surface area contributed by atoms with Crippen molar-refractivity contribution in [2.75, 3.05) is 11.9 Å². The highest BCUT2D eigenvalue weighted by Crippen LogP contribution is 2.44. The predicted molar refractivity (Wildman–Crippen MR) is 128 cm³/mol. The molecule has 2 aromatic heterocycles. The van der Waals surface area contributed by atoms with Crippen molar-refractivity contribution in [3.63, 3.8) is 0 Å². The summed E-state index contributed by atoms with van der Waals surface area (Å²) >= 11 is 0. The van der Waals surface area contributed by atoms with Crippen molar-refractivity contribution in [2.24, 2.45) is 0 Å². The third kappa shape index (κ3) is 3.15. The van der Waals surface area contributed by atoms with Crippen LogP contribution >= 0.6 is 0 Å². The molecule has 0 unspecified atom stereocenters. The highest BCUT2D eigenvalue weighted by Gasteiger charge is 2.41. The van der Waals surface area contributed by atoms with Crippen LogP contribution in [0, 0.1) is 12.7 Å². The summed E-state index contributed by atoms with van der Waals surface area (Å²) in [7, 11) is 0. The third-order valence-corrected chi connectivity index (χ3v) is 7.22. The summed E-state index contributed by atoms with van der Waals surface area (Å²) in [6.45, 7) is 8.65. The second-order valence-electron chi connectivity index (χ2n) is 8.97. The number of carbonyl (C=O) groups is 1. The number of fused-ring (bicyclic) bond motifs is 5. The molecule has 3 N–H and O–H groups in total. The average Bonchev–Trinajstić information content (AvgIpc) is 3.21. The number of aliphatic hydroxyl groups excluding tert-OH is 1. The standard InChI is InChI=1S/C26H26FN3O5/c1-5-14-15-9-30-20(7-17-16(25(30)33)11-35-13(4)26(17,34)6-2)24(15)28-19-8-18(27)12(3)23(22(14)19)29-21(32)10-31/h7-8,31,34H,4-6,9-11H2,1-3H3,(H,29,32)/t26-/m1/s1. The molecule has 0 fully saturated rings. The molecule has 182 valence electrons. The van der Waals surface area contributed by atoms with E-state index in [1.807, 2.05) is 6.92 Å². The Hall–Kier alpha value is -3.56. The first-order chi connectivity index (χ1) is 16.7. The van der Waals surface area contributed by atoms with E-state index in [1.54, 1.807) is 24.5 Å².